The van der Waals surface area contributed by atoms with Crippen molar-refractivity contribution in [1.29, 1.82) is 0 Å². The summed E-state index contributed by atoms with van der Waals surface area (Å²) in [6, 6.07) is 5.06. The number of benzene rings is 1. The van der Waals surface area contributed by atoms with Crippen molar-refractivity contribution < 1.29 is 13.2 Å². The Bertz CT molecular complexity index is 803. The molecule has 1 aromatic carbocycles. The fourth-order valence-corrected chi connectivity index (χ4v) is 4.53. The quantitative estimate of drug-likeness (QED) is 0.899. The van der Waals surface area contributed by atoms with Gasteiger partial charge in [-0.15, -0.1) is 0 Å². The molecule has 1 N–H and O–H groups in total. The number of nitrogens with zero attached hydrogens (tertiary/aromatic N) is 1. The Labute approximate surface area is 116 Å². The van der Waals surface area contributed by atoms with Crippen LogP contribution in [0.25, 0.3) is 11.0 Å². The molecule has 108 valence electrons. The molecular weight excluding hydrogens is 280 g/mol. The molecular formula is C13H16N2O4S. The van der Waals surface area contributed by atoms with Crippen molar-refractivity contribution in [1.82, 2.24) is 9.55 Å². The molecule has 0 amide bonds. The molecule has 1 saturated heterocycles. The summed E-state index contributed by atoms with van der Waals surface area (Å²) < 4.78 is 30.3. The van der Waals surface area contributed by atoms with E-state index < -0.39 is 9.84 Å². The Morgan fingerprint density at radius 1 is 1.40 bits per heavy atom. The van der Waals surface area contributed by atoms with Crippen molar-refractivity contribution in [3.8, 4) is 5.75 Å². The zero-order valence-corrected chi connectivity index (χ0v) is 11.9. The van der Waals surface area contributed by atoms with Crippen molar-refractivity contribution >= 4 is 20.9 Å². The summed E-state index contributed by atoms with van der Waals surface area (Å²) in [5.74, 6) is 0.818. The first kappa shape index (κ1) is 13.2. The van der Waals surface area contributed by atoms with Crippen LogP contribution in [0, 0.1) is 0 Å². The van der Waals surface area contributed by atoms with E-state index in [1.807, 2.05) is 0 Å². The molecule has 0 radical (unpaired) electrons. The maximum Gasteiger partial charge on any atom is 0.326 e. The van der Waals surface area contributed by atoms with Crippen LogP contribution >= 0.6 is 0 Å². The molecule has 2 aromatic rings. The smallest absolute Gasteiger partial charge is 0.326 e. The second kappa shape index (κ2) is 4.66. The first-order valence-corrected chi connectivity index (χ1v) is 8.31. The minimum absolute atomic E-state index is 0.0249. The first-order valence-electron chi connectivity index (χ1n) is 6.49. The van der Waals surface area contributed by atoms with Gasteiger partial charge in [-0.3, -0.25) is 4.57 Å². The molecule has 0 bridgehead atoms. The van der Waals surface area contributed by atoms with Gasteiger partial charge in [0, 0.05) is 0 Å². The van der Waals surface area contributed by atoms with Crippen LogP contribution in [-0.4, -0.2) is 36.6 Å². The molecule has 3 rings (SSSR count). The Morgan fingerprint density at radius 3 is 2.90 bits per heavy atom. The van der Waals surface area contributed by atoms with Crippen molar-refractivity contribution in [2.45, 2.75) is 18.9 Å². The Morgan fingerprint density at radius 2 is 2.20 bits per heavy atom. The van der Waals surface area contributed by atoms with E-state index in [0.29, 0.717) is 29.6 Å². The lowest BCUT2D eigenvalue weighted by Gasteiger charge is -2.23. The van der Waals surface area contributed by atoms with Gasteiger partial charge in [0.2, 0.25) is 0 Å². The molecule has 6 nitrogen and oxygen atoms in total. The third kappa shape index (κ3) is 2.11. The molecule has 0 saturated carbocycles. The molecule has 1 aliphatic heterocycles. The summed E-state index contributed by atoms with van der Waals surface area (Å²) in [6.45, 7) is 0. The van der Waals surface area contributed by atoms with Gasteiger partial charge >= 0.3 is 5.69 Å². The molecule has 1 fully saturated rings. The number of methoxy groups -OCH3 is 1. The van der Waals surface area contributed by atoms with Gasteiger partial charge in [-0.1, -0.05) is 6.07 Å². The number of para-hydroxylation sites is 1. The van der Waals surface area contributed by atoms with Gasteiger partial charge in [-0.2, -0.15) is 0 Å². The second-order valence-corrected chi connectivity index (χ2v) is 7.29. The van der Waals surface area contributed by atoms with E-state index in [2.05, 4.69) is 4.98 Å². The Hall–Kier alpha value is -1.76. The molecule has 1 aromatic heterocycles. The van der Waals surface area contributed by atoms with Crippen LogP contribution in [0.15, 0.2) is 23.0 Å². The molecule has 2 heterocycles. The number of aromatic nitrogens is 2. The van der Waals surface area contributed by atoms with E-state index >= 15 is 0 Å². The van der Waals surface area contributed by atoms with E-state index in [0.717, 1.165) is 0 Å². The maximum atomic E-state index is 12.2. The number of hydrogen-bond acceptors (Lipinski definition) is 4. The third-order valence-corrected chi connectivity index (χ3v) is 5.54. The van der Waals surface area contributed by atoms with Crippen LogP contribution in [0.4, 0.5) is 0 Å². The van der Waals surface area contributed by atoms with E-state index in [4.69, 9.17) is 4.74 Å². The fraction of sp³-hybridized carbons (Fsp3) is 0.462. The van der Waals surface area contributed by atoms with Crippen LogP contribution < -0.4 is 10.4 Å². The van der Waals surface area contributed by atoms with Crippen molar-refractivity contribution in [3.05, 3.63) is 28.7 Å². The van der Waals surface area contributed by atoms with E-state index in [1.54, 1.807) is 22.8 Å². The number of nitrogens with one attached hydrogen (secondary N) is 1. The zero-order chi connectivity index (χ0) is 14.3. The number of hydrogen-bond donors (Lipinski definition) is 1. The summed E-state index contributed by atoms with van der Waals surface area (Å²) in [6.07, 6.45) is 1.29. The second-order valence-electron chi connectivity index (χ2n) is 5.06. The predicted octanol–water partition coefficient (Wildman–Crippen LogP) is 1.09. The molecule has 7 heteroatoms. The standard InChI is InChI=1S/C13H16N2O4S/c1-19-11-6-2-5-10-12(11)14-13(16)15(10)9-4-3-7-20(17,18)8-9/h2,5-6,9H,3-4,7-8H2,1H3,(H,14,16). The minimum atomic E-state index is -3.06. The largest absolute Gasteiger partial charge is 0.494 e. The summed E-state index contributed by atoms with van der Waals surface area (Å²) in [7, 11) is -1.53. The molecule has 20 heavy (non-hydrogen) atoms. The number of H-pyrrole nitrogens is 1. The van der Waals surface area contributed by atoms with Crippen LogP contribution in [0.2, 0.25) is 0 Å². The fourth-order valence-electron chi connectivity index (χ4n) is 2.86. The van der Waals surface area contributed by atoms with Gasteiger partial charge in [0.1, 0.15) is 11.3 Å². The summed E-state index contributed by atoms with van der Waals surface area (Å²) in [4.78, 5) is 14.9. The number of ether oxygens (including phenoxy) is 1. The molecule has 1 unspecified atom stereocenters. The van der Waals surface area contributed by atoms with E-state index in [-0.39, 0.29) is 23.2 Å². The zero-order valence-electron chi connectivity index (χ0n) is 11.1. The summed E-state index contributed by atoms with van der Waals surface area (Å²) in [5, 5.41) is 0. The Balaban J connectivity index is 2.17. The van der Waals surface area contributed by atoms with Crippen LogP contribution in [-0.2, 0) is 9.84 Å². The normalized spacial score (nSPS) is 21.9. The molecule has 0 spiro atoms. The Kier molecular flexibility index (Phi) is 3.08. The van der Waals surface area contributed by atoms with Gasteiger partial charge in [0.05, 0.1) is 30.2 Å². The average Bonchev–Trinajstić information content (AvgIpc) is 2.73. The lowest BCUT2D eigenvalue weighted by atomic mass is 10.1. The van der Waals surface area contributed by atoms with Crippen molar-refractivity contribution in [3.63, 3.8) is 0 Å². The van der Waals surface area contributed by atoms with Crippen molar-refractivity contribution in [2.24, 2.45) is 0 Å². The van der Waals surface area contributed by atoms with Gasteiger partial charge in [-0.05, 0) is 25.0 Å². The number of rotatable bonds is 2. The lowest BCUT2D eigenvalue weighted by Crippen LogP contribution is -2.32. The summed E-state index contributed by atoms with van der Waals surface area (Å²) >= 11 is 0. The highest BCUT2D eigenvalue weighted by molar-refractivity contribution is 7.91. The minimum Gasteiger partial charge on any atom is -0.494 e. The van der Waals surface area contributed by atoms with Gasteiger partial charge < -0.3 is 9.72 Å². The van der Waals surface area contributed by atoms with Crippen LogP contribution in [0.1, 0.15) is 18.9 Å². The average molecular weight is 296 g/mol. The van der Waals surface area contributed by atoms with Gasteiger partial charge in [0.15, 0.2) is 9.84 Å². The molecule has 1 atom stereocenters. The van der Waals surface area contributed by atoms with Crippen LogP contribution in [0.3, 0.4) is 0 Å². The SMILES string of the molecule is COc1cccc2c1[nH]c(=O)n2C1CCCS(=O)(=O)C1. The lowest BCUT2D eigenvalue weighted by molar-refractivity contribution is 0.419. The maximum absolute atomic E-state index is 12.2. The number of fused-ring (bicyclic) bond motifs is 1. The van der Waals surface area contributed by atoms with Crippen molar-refractivity contribution in [2.75, 3.05) is 18.6 Å². The van der Waals surface area contributed by atoms with Gasteiger partial charge in [0.25, 0.3) is 0 Å². The monoisotopic (exact) mass is 296 g/mol. The van der Waals surface area contributed by atoms with E-state index in [9.17, 15) is 13.2 Å². The number of imidazole rings is 1. The topological polar surface area (TPSA) is 81.2 Å². The van der Waals surface area contributed by atoms with Gasteiger partial charge in [-0.25, -0.2) is 13.2 Å². The highest BCUT2D eigenvalue weighted by Gasteiger charge is 2.28. The first-order chi connectivity index (χ1) is 9.52. The number of aromatic amines is 1. The van der Waals surface area contributed by atoms with E-state index in [1.165, 1.54) is 7.11 Å². The predicted molar refractivity (Wildman–Crippen MR) is 76.0 cm³/mol. The third-order valence-electron chi connectivity index (χ3n) is 3.74. The molecule has 0 aliphatic carbocycles. The number of sulfone groups is 1. The highest BCUT2D eigenvalue weighted by atomic mass is 32.2. The molecule has 1 aliphatic rings. The summed E-state index contributed by atoms with van der Waals surface area (Å²) in [5.41, 5.74) is 1.02. The highest BCUT2D eigenvalue weighted by Crippen LogP contribution is 2.28. The van der Waals surface area contributed by atoms with Crippen LogP contribution in [0.5, 0.6) is 5.75 Å².